The smallest absolute Gasteiger partial charge is 0.243 e. The summed E-state index contributed by atoms with van der Waals surface area (Å²) in [6.45, 7) is 5.41. The van der Waals surface area contributed by atoms with E-state index < -0.39 is 0 Å². The number of carbonyl (C=O) groups excluding carboxylic acids is 1. The lowest BCUT2D eigenvalue weighted by Gasteiger charge is -2.31. The second kappa shape index (κ2) is 7.57. The summed E-state index contributed by atoms with van der Waals surface area (Å²) in [4.78, 5) is 13.7. The molecule has 3 heteroatoms. The summed E-state index contributed by atoms with van der Waals surface area (Å²) < 4.78 is 0. The van der Waals surface area contributed by atoms with Crippen LogP contribution in [0, 0.1) is 11.8 Å². The zero-order chi connectivity index (χ0) is 13.5. The minimum Gasteiger partial charge on any atom is -0.350 e. The molecular formula is C15H28N2O. The molecule has 0 aromatic carbocycles. The van der Waals surface area contributed by atoms with Crippen LogP contribution in [0.4, 0.5) is 0 Å². The molecule has 0 aliphatic heterocycles. The largest absolute Gasteiger partial charge is 0.350 e. The van der Waals surface area contributed by atoms with Crippen molar-refractivity contribution in [2.45, 2.75) is 45.6 Å². The van der Waals surface area contributed by atoms with Crippen LogP contribution in [-0.2, 0) is 4.79 Å². The van der Waals surface area contributed by atoms with Crippen molar-refractivity contribution >= 4 is 5.91 Å². The van der Waals surface area contributed by atoms with E-state index in [1.54, 1.807) is 6.08 Å². The number of hydrogen-bond acceptors (Lipinski definition) is 2. The summed E-state index contributed by atoms with van der Waals surface area (Å²) in [7, 11) is 3.99. The molecule has 3 nitrogen and oxygen atoms in total. The number of rotatable bonds is 5. The minimum atomic E-state index is 0.0600. The molecule has 1 saturated carbocycles. The van der Waals surface area contributed by atoms with Crippen LogP contribution in [0.1, 0.15) is 39.5 Å². The van der Waals surface area contributed by atoms with Gasteiger partial charge in [0.25, 0.3) is 0 Å². The topological polar surface area (TPSA) is 32.3 Å². The Balaban J connectivity index is 2.24. The van der Waals surface area contributed by atoms with E-state index in [-0.39, 0.29) is 5.91 Å². The van der Waals surface area contributed by atoms with Crippen molar-refractivity contribution in [2.24, 2.45) is 11.8 Å². The summed E-state index contributed by atoms with van der Waals surface area (Å²) in [5.74, 6) is 1.69. The van der Waals surface area contributed by atoms with Crippen molar-refractivity contribution in [3.05, 3.63) is 12.2 Å². The fourth-order valence-corrected chi connectivity index (χ4v) is 2.55. The average Bonchev–Trinajstić information content (AvgIpc) is 2.29. The van der Waals surface area contributed by atoms with Gasteiger partial charge in [-0.25, -0.2) is 0 Å². The van der Waals surface area contributed by atoms with Crippen LogP contribution in [0.15, 0.2) is 12.2 Å². The molecule has 1 fully saturated rings. The molecule has 0 aromatic heterocycles. The predicted octanol–water partition coefficient (Wildman–Crippen LogP) is 2.44. The zero-order valence-corrected chi connectivity index (χ0v) is 12.3. The van der Waals surface area contributed by atoms with Gasteiger partial charge in [0.15, 0.2) is 0 Å². The Morgan fingerprint density at radius 3 is 2.39 bits per heavy atom. The summed E-state index contributed by atoms with van der Waals surface area (Å²) in [5.41, 5.74) is 0. The third-order valence-electron chi connectivity index (χ3n) is 3.80. The number of hydrogen-bond donors (Lipinski definition) is 1. The Morgan fingerprint density at radius 2 is 1.89 bits per heavy atom. The Labute approximate surface area is 112 Å². The standard InChI is InChI=1S/C15H28N2O/c1-12(2)13-7-9-14(10-8-13)16-15(18)6-5-11-17(3)4/h5-6,12-14H,7-11H2,1-4H3,(H,16,18)/b6-5+/t13-,14+. The Bertz CT molecular complexity index is 276. The minimum absolute atomic E-state index is 0.0600. The van der Waals surface area contributed by atoms with E-state index in [4.69, 9.17) is 0 Å². The van der Waals surface area contributed by atoms with Crippen molar-refractivity contribution < 1.29 is 4.79 Å². The Kier molecular flexibility index (Phi) is 6.41. The molecule has 0 unspecified atom stereocenters. The molecule has 0 heterocycles. The van der Waals surface area contributed by atoms with Crippen molar-refractivity contribution in [3.8, 4) is 0 Å². The van der Waals surface area contributed by atoms with E-state index in [9.17, 15) is 4.79 Å². The van der Waals surface area contributed by atoms with Gasteiger partial charge in [-0.1, -0.05) is 19.9 Å². The van der Waals surface area contributed by atoms with Gasteiger partial charge in [0.05, 0.1) is 0 Å². The molecule has 104 valence electrons. The summed E-state index contributed by atoms with van der Waals surface area (Å²) >= 11 is 0. The molecule has 1 amide bonds. The van der Waals surface area contributed by atoms with Crippen molar-refractivity contribution in [3.63, 3.8) is 0 Å². The predicted molar refractivity (Wildman–Crippen MR) is 76.4 cm³/mol. The molecule has 1 N–H and O–H groups in total. The van der Waals surface area contributed by atoms with E-state index in [0.717, 1.165) is 31.2 Å². The van der Waals surface area contributed by atoms with Crippen LogP contribution in [-0.4, -0.2) is 37.5 Å². The maximum Gasteiger partial charge on any atom is 0.243 e. The van der Waals surface area contributed by atoms with Crippen LogP contribution in [0.25, 0.3) is 0 Å². The summed E-state index contributed by atoms with van der Waals surface area (Å²) in [6, 6.07) is 0.386. The van der Waals surface area contributed by atoms with Crippen LogP contribution in [0.5, 0.6) is 0 Å². The second-order valence-corrected chi connectivity index (χ2v) is 6.03. The lowest BCUT2D eigenvalue weighted by molar-refractivity contribution is -0.117. The third kappa shape index (κ3) is 5.67. The van der Waals surface area contributed by atoms with Crippen molar-refractivity contribution in [1.29, 1.82) is 0 Å². The van der Waals surface area contributed by atoms with Gasteiger partial charge in [0.2, 0.25) is 5.91 Å². The van der Waals surface area contributed by atoms with Gasteiger partial charge in [0.1, 0.15) is 0 Å². The third-order valence-corrected chi connectivity index (χ3v) is 3.80. The second-order valence-electron chi connectivity index (χ2n) is 6.03. The first-order chi connectivity index (χ1) is 8.49. The van der Waals surface area contributed by atoms with Crippen molar-refractivity contribution in [2.75, 3.05) is 20.6 Å². The molecule has 1 aliphatic rings. The van der Waals surface area contributed by atoms with Gasteiger partial charge in [0, 0.05) is 18.7 Å². The van der Waals surface area contributed by atoms with E-state index in [1.807, 2.05) is 25.1 Å². The first-order valence-electron chi connectivity index (χ1n) is 7.10. The van der Waals surface area contributed by atoms with Crippen LogP contribution >= 0.6 is 0 Å². The first kappa shape index (κ1) is 15.2. The highest BCUT2D eigenvalue weighted by atomic mass is 16.1. The van der Waals surface area contributed by atoms with Gasteiger partial charge in [-0.2, -0.15) is 0 Å². The van der Waals surface area contributed by atoms with Gasteiger partial charge >= 0.3 is 0 Å². The van der Waals surface area contributed by atoms with E-state index in [2.05, 4.69) is 19.2 Å². The molecule has 1 rings (SSSR count). The van der Waals surface area contributed by atoms with E-state index >= 15 is 0 Å². The molecule has 0 saturated heterocycles. The maximum absolute atomic E-state index is 11.7. The SMILES string of the molecule is CC(C)[C@H]1CC[C@@H](NC(=O)/C=C/CN(C)C)CC1. The highest BCUT2D eigenvalue weighted by molar-refractivity contribution is 5.87. The van der Waals surface area contributed by atoms with Crippen molar-refractivity contribution in [1.82, 2.24) is 10.2 Å². The number of carbonyl (C=O) groups is 1. The van der Waals surface area contributed by atoms with Gasteiger partial charge in [-0.05, 0) is 51.6 Å². The first-order valence-corrected chi connectivity index (χ1v) is 7.10. The molecule has 1 aliphatic carbocycles. The number of amides is 1. The number of nitrogens with one attached hydrogen (secondary N) is 1. The lowest BCUT2D eigenvalue weighted by Crippen LogP contribution is -2.37. The number of nitrogens with zero attached hydrogens (tertiary/aromatic N) is 1. The maximum atomic E-state index is 11.7. The van der Waals surface area contributed by atoms with Gasteiger partial charge in [-0.3, -0.25) is 4.79 Å². The zero-order valence-electron chi connectivity index (χ0n) is 12.3. The molecule has 0 radical (unpaired) electrons. The fourth-order valence-electron chi connectivity index (χ4n) is 2.55. The van der Waals surface area contributed by atoms with Crippen LogP contribution in [0.2, 0.25) is 0 Å². The number of likely N-dealkylation sites (N-methyl/N-ethyl adjacent to an activating group) is 1. The monoisotopic (exact) mass is 252 g/mol. The molecule has 18 heavy (non-hydrogen) atoms. The molecule has 0 aromatic rings. The molecule has 0 bridgehead atoms. The Hall–Kier alpha value is -0.830. The highest BCUT2D eigenvalue weighted by Crippen LogP contribution is 2.29. The molecule has 0 spiro atoms. The molecular weight excluding hydrogens is 224 g/mol. The Morgan fingerprint density at radius 1 is 1.28 bits per heavy atom. The van der Waals surface area contributed by atoms with Gasteiger partial charge in [-0.15, -0.1) is 0 Å². The normalized spacial score (nSPS) is 25.0. The summed E-state index contributed by atoms with van der Waals surface area (Å²) in [5, 5.41) is 3.11. The fraction of sp³-hybridized carbons (Fsp3) is 0.800. The molecule has 0 atom stereocenters. The summed E-state index contributed by atoms with van der Waals surface area (Å²) in [6.07, 6.45) is 8.35. The van der Waals surface area contributed by atoms with Crippen LogP contribution < -0.4 is 5.32 Å². The van der Waals surface area contributed by atoms with Crippen LogP contribution in [0.3, 0.4) is 0 Å². The lowest BCUT2D eigenvalue weighted by atomic mass is 9.80. The van der Waals surface area contributed by atoms with E-state index in [1.165, 1.54) is 12.8 Å². The quantitative estimate of drug-likeness (QED) is 0.762. The average molecular weight is 252 g/mol. The van der Waals surface area contributed by atoms with Gasteiger partial charge < -0.3 is 10.2 Å². The van der Waals surface area contributed by atoms with E-state index in [0.29, 0.717) is 6.04 Å². The highest BCUT2D eigenvalue weighted by Gasteiger charge is 2.23.